The third-order valence-corrected chi connectivity index (χ3v) is 6.32. The molecule has 0 atom stereocenters. The summed E-state index contributed by atoms with van der Waals surface area (Å²) >= 11 is 1.47. The van der Waals surface area contributed by atoms with Crippen LogP contribution in [-0.2, 0) is 11.2 Å². The Morgan fingerprint density at radius 1 is 0.967 bits per heavy atom. The van der Waals surface area contributed by atoms with E-state index in [2.05, 4.69) is 23.5 Å². The molecule has 0 spiro atoms. The van der Waals surface area contributed by atoms with E-state index in [1.165, 1.54) is 48.6 Å². The molecule has 1 aliphatic carbocycles. The number of rotatable bonds is 8. The predicted molar refractivity (Wildman–Crippen MR) is 124 cm³/mol. The van der Waals surface area contributed by atoms with Gasteiger partial charge in [-0.1, -0.05) is 65.9 Å². The van der Waals surface area contributed by atoms with Crippen LogP contribution in [0.3, 0.4) is 0 Å². The molecule has 0 saturated carbocycles. The average molecular weight is 418 g/mol. The Kier molecular flexibility index (Phi) is 7.14. The van der Waals surface area contributed by atoms with Gasteiger partial charge in [0.1, 0.15) is 5.03 Å². The lowest BCUT2D eigenvalue weighted by atomic mass is 9.97. The lowest BCUT2D eigenvalue weighted by molar-refractivity contribution is -0.118. The molecule has 0 aliphatic heterocycles. The highest BCUT2D eigenvalue weighted by Gasteiger charge is 2.13. The summed E-state index contributed by atoms with van der Waals surface area (Å²) in [5, 5.41) is 3.89. The van der Waals surface area contributed by atoms with Crippen LogP contribution in [0.1, 0.15) is 43.4 Å². The van der Waals surface area contributed by atoms with Gasteiger partial charge in [-0.25, -0.2) is 9.97 Å². The fraction of sp³-hybridized carbons (Fsp3) is 0.320. The van der Waals surface area contributed by atoms with Crippen LogP contribution in [0.4, 0.5) is 0 Å². The van der Waals surface area contributed by atoms with E-state index in [0.29, 0.717) is 18.7 Å². The number of para-hydroxylation sites is 2. The van der Waals surface area contributed by atoms with Gasteiger partial charge in [-0.3, -0.25) is 4.79 Å². The average Bonchev–Trinajstić information content (AvgIpc) is 2.79. The molecule has 1 heterocycles. The van der Waals surface area contributed by atoms with Gasteiger partial charge in [-0.15, -0.1) is 0 Å². The highest BCUT2D eigenvalue weighted by atomic mass is 32.2. The molecule has 30 heavy (non-hydrogen) atoms. The molecule has 0 bridgehead atoms. The maximum atomic E-state index is 12.4. The number of aromatic nitrogens is 2. The van der Waals surface area contributed by atoms with Gasteiger partial charge in [0.15, 0.2) is 0 Å². The minimum Gasteiger partial charge on any atom is -0.355 e. The summed E-state index contributed by atoms with van der Waals surface area (Å²) in [6, 6.07) is 18.2. The molecule has 1 amide bonds. The van der Waals surface area contributed by atoms with Crippen molar-refractivity contribution < 1.29 is 4.79 Å². The Hall–Kier alpha value is -2.66. The van der Waals surface area contributed by atoms with Crippen molar-refractivity contribution >= 4 is 28.7 Å². The van der Waals surface area contributed by atoms with E-state index in [1.807, 2.05) is 42.5 Å². The van der Waals surface area contributed by atoms with Crippen molar-refractivity contribution in [2.45, 2.75) is 43.6 Å². The van der Waals surface area contributed by atoms with Gasteiger partial charge in [0.05, 0.1) is 22.5 Å². The summed E-state index contributed by atoms with van der Waals surface area (Å²) in [6.45, 7) is 0.714. The van der Waals surface area contributed by atoms with Crippen LogP contribution >= 0.6 is 11.8 Å². The number of nitrogens with one attached hydrogen (secondary N) is 1. The van der Waals surface area contributed by atoms with E-state index in [1.54, 1.807) is 0 Å². The quantitative estimate of drug-likeness (QED) is 0.398. The summed E-state index contributed by atoms with van der Waals surface area (Å²) in [5.74, 6) is 0.408. The van der Waals surface area contributed by atoms with Crippen molar-refractivity contribution in [1.29, 1.82) is 0 Å². The molecule has 4 nitrogen and oxygen atoms in total. The first-order chi connectivity index (χ1) is 14.8. The molecule has 1 aliphatic rings. The molecule has 0 saturated heterocycles. The topological polar surface area (TPSA) is 54.9 Å². The SMILES string of the molecule is O=C(CSc1nc2ccccc2nc1Cc1ccccc1)NCCC1=CCCCC1. The third-order valence-electron chi connectivity index (χ3n) is 5.31. The smallest absolute Gasteiger partial charge is 0.230 e. The maximum absolute atomic E-state index is 12.4. The van der Waals surface area contributed by atoms with Crippen molar-refractivity contribution in [1.82, 2.24) is 15.3 Å². The zero-order valence-corrected chi connectivity index (χ0v) is 18.0. The Bertz CT molecular complexity index is 1030. The second-order valence-electron chi connectivity index (χ2n) is 7.62. The molecule has 154 valence electrons. The summed E-state index contributed by atoms with van der Waals surface area (Å²) in [5.41, 5.74) is 5.35. The Morgan fingerprint density at radius 2 is 1.73 bits per heavy atom. The van der Waals surface area contributed by atoms with Gasteiger partial charge in [0, 0.05) is 13.0 Å². The normalized spacial score (nSPS) is 13.8. The van der Waals surface area contributed by atoms with Gasteiger partial charge in [-0.2, -0.15) is 0 Å². The summed E-state index contributed by atoms with van der Waals surface area (Å²) < 4.78 is 0. The molecule has 0 fully saturated rings. The molecular weight excluding hydrogens is 390 g/mol. The Balaban J connectivity index is 1.41. The van der Waals surface area contributed by atoms with E-state index in [4.69, 9.17) is 9.97 Å². The van der Waals surface area contributed by atoms with E-state index in [0.717, 1.165) is 28.2 Å². The molecule has 1 aromatic heterocycles. The maximum Gasteiger partial charge on any atom is 0.230 e. The first-order valence-electron chi connectivity index (χ1n) is 10.6. The monoisotopic (exact) mass is 417 g/mol. The van der Waals surface area contributed by atoms with Crippen LogP contribution in [0, 0.1) is 0 Å². The molecule has 4 rings (SSSR count). The molecule has 3 aromatic rings. The second kappa shape index (κ2) is 10.4. The zero-order valence-electron chi connectivity index (χ0n) is 17.1. The molecule has 0 radical (unpaired) electrons. The number of hydrogen-bond donors (Lipinski definition) is 1. The number of carbonyl (C=O) groups is 1. The van der Waals surface area contributed by atoms with Crippen molar-refractivity contribution in [3.8, 4) is 0 Å². The molecule has 5 heteroatoms. The number of carbonyl (C=O) groups excluding carboxylic acids is 1. The highest BCUT2D eigenvalue weighted by molar-refractivity contribution is 7.99. The van der Waals surface area contributed by atoms with Crippen LogP contribution in [0.5, 0.6) is 0 Å². The zero-order chi connectivity index (χ0) is 20.6. The van der Waals surface area contributed by atoms with Crippen LogP contribution in [0.25, 0.3) is 11.0 Å². The Labute approximate surface area is 182 Å². The standard InChI is InChI=1S/C25H27N3OS/c29-24(26-16-15-19-9-3-1-4-10-19)18-30-25-23(17-20-11-5-2-6-12-20)27-21-13-7-8-14-22(21)28-25/h2,5-9,11-14H,1,3-4,10,15-18H2,(H,26,29). The number of benzene rings is 2. The number of fused-ring (bicyclic) bond motifs is 1. The van der Waals surface area contributed by atoms with Crippen LogP contribution < -0.4 is 5.32 Å². The highest BCUT2D eigenvalue weighted by Crippen LogP contribution is 2.25. The van der Waals surface area contributed by atoms with Gasteiger partial charge in [0.25, 0.3) is 0 Å². The fourth-order valence-electron chi connectivity index (χ4n) is 3.72. The first-order valence-corrected chi connectivity index (χ1v) is 11.6. The van der Waals surface area contributed by atoms with Crippen molar-refractivity contribution in [3.05, 3.63) is 77.5 Å². The van der Waals surface area contributed by atoms with E-state index >= 15 is 0 Å². The van der Waals surface area contributed by atoms with Gasteiger partial charge < -0.3 is 5.32 Å². The Morgan fingerprint density at radius 3 is 2.50 bits per heavy atom. The van der Waals surface area contributed by atoms with Gasteiger partial charge in [0.2, 0.25) is 5.91 Å². The van der Waals surface area contributed by atoms with Crippen LogP contribution in [0.15, 0.2) is 71.3 Å². The summed E-state index contributed by atoms with van der Waals surface area (Å²) in [4.78, 5) is 22.0. The first kappa shape index (κ1) is 20.6. The lowest BCUT2D eigenvalue weighted by Gasteiger charge is -2.13. The van der Waals surface area contributed by atoms with Gasteiger partial charge in [-0.05, 0) is 49.8 Å². The number of allylic oxidation sites excluding steroid dienone is 1. The lowest BCUT2D eigenvalue weighted by Crippen LogP contribution is -2.26. The molecular formula is C25H27N3OS. The molecule has 1 N–H and O–H groups in total. The molecule has 2 aromatic carbocycles. The van der Waals surface area contributed by atoms with E-state index < -0.39 is 0 Å². The minimum absolute atomic E-state index is 0.0528. The van der Waals surface area contributed by atoms with Crippen LogP contribution in [0.2, 0.25) is 0 Å². The van der Waals surface area contributed by atoms with Crippen molar-refractivity contribution in [2.75, 3.05) is 12.3 Å². The largest absolute Gasteiger partial charge is 0.355 e. The van der Waals surface area contributed by atoms with E-state index in [-0.39, 0.29) is 5.91 Å². The van der Waals surface area contributed by atoms with Crippen molar-refractivity contribution in [3.63, 3.8) is 0 Å². The minimum atomic E-state index is 0.0528. The second-order valence-corrected chi connectivity index (χ2v) is 8.59. The summed E-state index contributed by atoms with van der Waals surface area (Å²) in [7, 11) is 0. The van der Waals surface area contributed by atoms with E-state index in [9.17, 15) is 4.79 Å². The summed E-state index contributed by atoms with van der Waals surface area (Å²) in [6.07, 6.45) is 8.95. The van der Waals surface area contributed by atoms with Crippen molar-refractivity contribution in [2.24, 2.45) is 0 Å². The number of thioether (sulfide) groups is 1. The van der Waals surface area contributed by atoms with Crippen LogP contribution in [-0.4, -0.2) is 28.2 Å². The number of hydrogen-bond acceptors (Lipinski definition) is 4. The predicted octanol–water partition coefficient (Wildman–Crippen LogP) is 5.32. The van der Waals surface area contributed by atoms with Gasteiger partial charge >= 0.3 is 0 Å². The number of nitrogens with zero attached hydrogens (tertiary/aromatic N) is 2. The molecule has 0 unspecified atom stereocenters. The fourth-order valence-corrected chi connectivity index (χ4v) is 4.54. The third kappa shape index (κ3) is 5.70. The number of amides is 1.